The van der Waals surface area contributed by atoms with Crippen molar-refractivity contribution in [3.05, 3.63) is 35.1 Å². The summed E-state index contributed by atoms with van der Waals surface area (Å²) in [5.74, 6) is -1.56. The highest BCUT2D eigenvalue weighted by Gasteiger charge is 2.06. The molecular weight excluding hydrogens is 274 g/mol. The Hall–Kier alpha value is -0.650. The Morgan fingerprint density at radius 3 is 2.67 bits per heavy atom. The van der Waals surface area contributed by atoms with E-state index in [0.29, 0.717) is 9.99 Å². The lowest BCUT2D eigenvalue weighted by Gasteiger charge is -1.99. The summed E-state index contributed by atoms with van der Waals surface area (Å²) in [6.07, 6.45) is 0. The molecule has 0 saturated carbocycles. The number of benzene rings is 1. The standard InChI is InChI=1S/C8H6FIO2/c9-7-3-5(8(11)12)1-2-6(7)4-10/h1-3H,4H2,(H,11,12). The van der Waals surface area contributed by atoms with E-state index >= 15 is 0 Å². The van der Waals surface area contributed by atoms with Gasteiger partial charge in [-0.3, -0.25) is 0 Å². The van der Waals surface area contributed by atoms with E-state index in [1.807, 2.05) is 22.6 Å². The molecule has 0 heterocycles. The lowest BCUT2D eigenvalue weighted by Crippen LogP contribution is -1.98. The van der Waals surface area contributed by atoms with Crippen LogP contribution in [0.3, 0.4) is 0 Å². The largest absolute Gasteiger partial charge is 0.478 e. The van der Waals surface area contributed by atoms with E-state index in [4.69, 9.17) is 5.11 Å². The van der Waals surface area contributed by atoms with Gasteiger partial charge in [-0.05, 0) is 17.7 Å². The number of hydrogen-bond donors (Lipinski definition) is 1. The highest BCUT2D eigenvalue weighted by molar-refractivity contribution is 14.1. The first kappa shape index (κ1) is 9.44. The summed E-state index contributed by atoms with van der Waals surface area (Å²) in [6.45, 7) is 0. The Morgan fingerprint density at radius 2 is 2.25 bits per heavy atom. The Bertz CT molecular complexity index is 312. The van der Waals surface area contributed by atoms with Crippen molar-refractivity contribution >= 4 is 28.6 Å². The molecule has 0 amide bonds. The molecule has 1 aromatic carbocycles. The van der Waals surface area contributed by atoms with Crippen molar-refractivity contribution in [2.45, 2.75) is 4.43 Å². The molecule has 1 rings (SSSR count). The fourth-order valence-electron chi connectivity index (χ4n) is 0.789. The van der Waals surface area contributed by atoms with E-state index in [9.17, 15) is 9.18 Å². The van der Waals surface area contributed by atoms with Crippen molar-refractivity contribution in [1.82, 2.24) is 0 Å². The monoisotopic (exact) mass is 280 g/mol. The van der Waals surface area contributed by atoms with Gasteiger partial charge in [0.15, 0.2) is 0 Å². The lowest BCUT2D eigenvalue weighted by atomic mass is 10.1. The molecule has 0 aromatic heterocycles. The van der Waals surface area contributed by atoms with Crippen LogP contribution in [0, 0.1) is 5.82 Å². The van der Waals surface area contributed by atoms with Crippen LogP contribution in [0.2, 0.25) is 0 Å². The number of carboxylic acids is 1. The van der Waals surface area contributed by atoms with Gasteiger partial charge in [-0.25, -0.2) is 9.18 Å². The van der Waals surface area contributed by atoms with Crippen LogP contribution in [0.1, 0.15) is 15.9 Å². The minimum absolute atomic E-state index is 0.0129. The molecule has 0 radical (unpaired) electrons. The summed E-state index contributed by atoms with van der Waals surface area (Å²) in [4.78, 5) is 10.4. The predicted molar refractivity (Wildman–Crippen MR) is 51.1 cm³/mol. The highest BCUT2D eigenvalue weighted by atomic mass is 127. The van der Waals surface area contributed by atoms with Crippen LogP contribution in [0.5, 0.6) is 0 Å². The number of carboxylic acid groups (broad SMARTS) is 1. The number of aromatic carboxylic acids is 1. The van der Waals surface area contributed by atoms with E-state index in [2.05, 4.69) is 0 Å². The second-order valence-corrected chi connectivity index (χ2v) is 3.01. The Labute approximate surface area is 82.5 Å². The second kappa shape index (κ2) is 3.84. The van der Waals surface area contributed by atoms with Gasteiger partial charge in [0.1, 0.15) is 5.82 Å². The Morgan fingerprint density at radius 1 is 1.58 bits per heavy atom. The van der Waals surface area contributed by atoms with Crippen LogP contribution in [-0.4, -0.2) is 11.1 Å². The molecule has 2 nitrogen and oxygen atoms in total. The van der Waals surface area contributed by atoms with Gasteiger partial charge >= 0.3 is 5.97 Å². The summed E-state index contributed by atoms with van der Waals surface area (Å²) in [5.41, 5.74) is 0.515. The first-order valence-electron chi connectivity index (χ1n) is 3.23. The maximum atomic E-state index is 12.9. The van der Waals surface area contributed by atoms with Gasteiger partial charge in [-0.15, -0.1) is 0 Å². The summed E-state index contributed by atoms with van der Waals surface area (Å²) in [6, 6.07) is 3.93. The van der Waals surface area contributed by atoms with Gasteiger partial charge in [0.05, 0.1) is 5.56 Å². The molecule has 0 saturated heterocycles. The molecule has 0 aliphatic rings. The molecule has 1 N–H and O–H groups in total. The zero-order chi connectivity index (χ0) is 9.14. The first-order valence-corrected chi connectivity index (χ1v) is 4.75. The van der Waals surface area contributed by atoms with Crippen LogP contribution in [0.15, 0.2) is 18.2 Å². The number of halogens is 2. The second-order valence-electron chi connectivity index (χ2n) is 2.24. The number of alkyl halides is 1. The Balaban J connectivity index is 3.10. The molecule has 0 fully saturated rings. The molecule has 12 heavy (non-hydrogen) atoms. The third-order valence-corrected chi connectivity index (χ3v) is 2.27. The quantitative estimate of drug-likeness (QED) is 0.667. The van der Waals surface area contributed by atoms with E-state index in [1.54, 1.807) is 0 Å². The molecule has 0 unspecified atom stereocenters. The van der Waals surface area contributed by atoms with Gasteiger partial charge < -0.3 is 5.11 Å². The highest BCUT2D eigenvalue weighted by Crippen LogP contribution is 2.13. The fourth-order valence-corrected chi connectivity index (χ4v) is 1.41. The van der Waals surface area contributed by atoms with Crippen LogP contribution in [0.25, 0.3) is 0 Å². The van der Waals surface area contributed by atoms with Gasteiger partial charge in [0.2, 0.25) is 0 Å². The van der Waals surface area contributed by atoms with Gasteiger partial charge in [0.25, 0.3) is 0 Å². The molecule has 4 heteroatoms. The number of hydrogen-bond acceptors (Lipinski definition) is 1. The van der Waals surface area contributed by atoms with E-state index in [1.165, 1.54) is 12.1 Å². The predicted octanol–water partition coefficient (Wildman–Crippen LogP) is 2.46. The SMILES string of the molecule is O=C(O)c1ccc(CI)c(F)c1. The summed E-state index contributed by atoms with van der Waals surface area (Å²) < 4.78 is 13.5. The Kier molecular flexibility index (Phi) is 3.02. The topological polar surface area (TPSA) is 37.3 Å². The zero-order valence-corrected chi connectivity index (χ0v) is 8.21. The maximum Gasteiger partial charge on any atom is 0.335 e. The molecule has 1 aromatic rings. The average Bonchev–Trinajstić information content (AvgIpc) is 2.04. The smallest absolute Gasteiger partial charge is 0.335 e. The average molecular weight is 280 g/mol. The van der Waals surface area contributed by atoms with Crippen molar-refractivity contribution in [3.8, 4) is 0 Å². The third-order valence-electron chi connectivity index (χ3n) is 1.44. The fraction of sp³-hybridized carbons (Fsp3) is 0.125. The minimum atomic E-state index is -1.10. The summed E-state index contributed by atoms with van der Waals surface area (Å²) in [5, 5.41) is 8.50. The molecule has 0 spiro atoms. The van der Waals surface area contributed by atoms with E-state index < -0.39 is 11.8 Å². The molecule has 0 aliphatic heterocycles. The van der Waals surface area contributed by atoms with Crippen molar-refractivity contribution in [1.29, 1.82) is 0 Å². The summed E-state index contributed by atoms with van der Waals surface area (Å²) in [7, 11) is 0. The normalized spacial score (nSPS) is 9.83. The van der Waals surface area contributed by atoms with Crippen molar-refractivity contribution in [3.63, 3.8) is 0 Å². The zero-order valence-electron chi connectivity index (χ0n) is 6.05. The first-order chi connectivity index (χ1) is 5.65. The van der Waals surface area contributed by atoms with Crippen molar-refractivity contribution < 1.29 is 14.3 Å². The minimum Gasteiger partial charge on any atom is -0.478 e. The van der Waals surface area contributed by atoms with Crippen LogP contribution < -0.4 is 0 Å². The van der Waals surface area contributed by atoms with Crippen LogP contribution in [0.4, 0.5) is 4.39 Å². The lowest BCUT2D eigenvalue weighted by molar-refractivity contribution is 0.0696. The maximum absolute atomic E-state index is 12.9. The van der Waals surface area contributed by atoms with E-state index in [-0.39, 0.29) is 5.56 Å². The molecular formula is C8H6FIO2. The molecule has 0 bridgehead atoms. The number of carbonyl (C=O) groups is 1. The number of rotatable bonds is 2. The third kappa shape index (κ3) is 1.94. The van der Waals surface area contributed by atoms with Crippen LogP contribution in [-0.2, 0) is 4.43 Å². The van der Waals surface area contributed by atoms with Gasteiger partial charge in [-0.1, -0.05) is 28.7 Å². The van der Waals surface area contributed by atoms with Gasteiger partial charge in [-0.2, -0.15) is 0 Å². The molecule has 64 valence electrons. The van der Waals surface area contributed by atoms with Gasteiger partial charge in [0, 0.05) is 4.43 Å². The molecule has 0 aliphatic carbocycles. The van der Waals surface area contributed by atoms with Crippen LogP contribution >= 0.6 is 22.6 Å². The van der Waals surface area contributed by atoms with E-state index in [0.717, 1.165) is 6.07 Å². The van der Waals surface area contributed by atoms with Crippen molar-refractivity contribution in [2.24, 2.45) is 0 Å². The summed E-state index contributed by atoms with van der Waals surface area (Å²) >= 11 is 2.02. The van der Waals surface area contributed by atoms with Crippen molar-refractivity contribution in [2.75, 3.05) is 0 Å². The molecule has 0 atom stereocenters.